The predicted octanol–water partition coefficient (Wildman–Crippen LogP) is 17.8. The van der Waals surface area contributed by atoms with E-state index in [9.17, 15) is 26.4 Å². The molecule has 0 bridgehead atoms. The number of carbonyl (C=O) groups is 2. The minimum absolute atomic E-state index is 0.150. The molecule has 18 rings (SSSR count). The van der Waals surface area contributed by atoms with E-state index in [0.29, 0.717) is 86.7 Å². The third kappa shape index (κ3) is 26.6. The molecule has 12 aromatic rings. The van der Waals surface area contributed by atoms with Crippen molar-refractivity contribution in [1.29, 1.82) is 0 Å². The van der Waals surface area contributed by atoms with Gasteiger partial charge in [0.05, 0.1) is 38.6 Å². The van der Waals surface area contributed by atoms with Gasteiger partial charge in [-0.25, -0.2) is 61.0 Å². The van der Waals surface area contributed by atoms with Crippen molar-refractivity contribution in [3.63, 3.8) is 0 Å². The Kier molecular flexibility index (Phi) is 33.6. The van der Waals surface area contributed by atoms with E-state index in [4.69, 9.17) is 126 Å². The summed E-state index contributed by atoms with van der Waals surface area (Å²) in [5, 5.41) is 8.12. The molecule has 1 aliphatic carbocycles. The molecule has 44 heteroatoms. The van der Waals surface area contributed by atoms with E-state index >= 15 is 0 Å². The quantitative estimate of drug-likeness (QED) is 0.0566. The zero-order valence-corrected chi connectivity index (χ0v) is 83.0. The van der Waals surface area contributed by atoms with Gasteiger partial charge >= 0.3 is 6.09 Å². The smallest absolute Gasteiger partial charge is 0.410 e. The van der Waals surface area contributed by atoms with Gasteiger partial charge in [0.15, 0.2) is 0 Å². The topological polar surface area (TPSA) is 338 Å². The largest absolute Gasteiger partial charge is 0.444 e. The van der Waals surface area contributed by atoms with Crippen LogP contribution in [0.5, 0.6) is 0 Å². The van der Waals surface area contributed by atoms with Gasteiger partial charge in [0.25, 0.3) is 0 Å². The van der Waals surface area contributed by atoms with Crippen LogP contribution in [0.15, 0.2) is 79.9 Å². The standard InChI is InChI=1S/C17H22Cl2N4O2.C14H18Cl2N4OS.C14H16Cl2N4O.C14H19ClN4OS.C13H15Cl2N3.C13H18ClN5O2S/c1-17(2,3)25-16(24)22-7-4-11(5-8-22)10-23-9-6-12-13(18)20-15(19)21-14(12)23;1-22(2,21)20-7-3-10(4-8-20)9-19-6-5-11-12(15)17-14(16)18-13(11)19;1-9(21)19-5-2-10(3-6-19)8-20-7-4-11-12(15)17-14(16)18-13(11)20;1-21(2,20)19-7-3-11(4-8-19)9-18-6-5-12-13(15)16-10-17-14(12)18;14-11-10-6-7-18(12(10)17-13(15)16-11)8-9-4-2-1-3-5-9;1-22(20,21)19-6-2-9(3-7-19)8-18-5-4-10-11(14)16-13(15)17-12(10)18/h6,9,11H,4-5,7-8,10H2,1-3H3;5-6,10H,1,3-4,7-9H2,2H3;4,7,10H,2-3,5-6,8H2,1H3;5-6,10-11H,1,3-4,7-9H2,2H3;6-7,9H,1-5,8H2;4-5,9H,2-3,6-8H2,1H3,(H2,15,16,17). The van der Waals surface area contributed by atoms with Gasteiger partial charge in [-0.1, -0.05) is 88.9 Å². The van der Waals surface area contributed by atoms with Crippen LogP contribution in [0.4, 0.5) is 10.7 Å². The highest BCUT2D eigenvalue weighted by atomic mass is 35.5. The zero-order valence-electron chi connectivity index (χ0n) is 73.0. The average Bonchev–Trinajstić information content (AvgIpc) is 1.50. The first-order valence-corrected chi connectivity index (χ1v) is 52.7. The minimum Gasteiger partial charge on any atom is -0.444 e. The summed E-state index contributed by atoms with van der Waals surface area (Å²) in [5.74, 6) is 11.1. The van der Waals surface area contributed by atoms with Crippen LogP contribution in [0, 0.1) is 35.5 Å². The Balaban J connectivity index is 0.000000132. The fourth-order valence-electron chi connectivity index (χ4n) is 17.4. The maximum atomic E-state index is 12.1. The molecular formula is C85H108Cl10N24O7S3. The lowest BCUT2D eigenvalue weighted by molar-refractivity contribution is -0.130. The lowest BCUT2D eigenvalue weighted by Gasteiger charge is -2.33. The Morgan fingerprint density at radius 2 is 0.643 bits per heavy atom. The number of likely N-dealkylation sites (tertiary alicyclic amines) is 2. The number of aromatic nitrogens is 18. The van der Waals surface area contributed by atoms with Crippen molar-refractivity contribution in [2.75, 3.05) is 89.9 Å². The summed E-state index contributed by atoms with van der Waals surface area (Å²) in [5.41, 5.74) is 9.95. The van der Waals surface area contributed by atoms with Crippen LogP contribution in [-0.2, 0) is 78.2 Å². The number of nitrogens with zero attached hydrogens (tertiary/aromatic N) is 23. The van der Waals surface area contributed by atoms with Crippen LogP contribution in [0.3, 0.4) is 0 Å². The van der Waals surface area contributed by atoms with Crippen LogP contribution in [0.25, 0.3) is 66.2 Å². The highest BCUT2D eigenvalue weighted by molar-refractivity contribution is 7.97. The zero-order chi connectivity index (χ0) is 92.6. The van der Waals surface area contributed by atoms with Crippen molar-refractivity contribution in [2.45, 2.75) is 169 Å². The summed E-state index contributed by atoms with van der Waals surface area (Å²) in [6.07, 6.45) is 34.1. The fourth-order valence-corrected chi connectivity index (χ4v) is 22.4. The number of sulfonamides is 1. The third-order valence-electron chi connectivity index (χ3n) is 24.3. The second-order valence-corrected chi connectivity index (χ2v) is 45.4. The Bertz CT molecular complexity index is 6160. The Labute approximate surface area is 802 Å². The summed E-state index contributed by atoms with van der Waals surface area (Å²) in [4.78, 5) is 76.7. The first-order chi connectivity index (χ1) is 61.1. The van der Waals surface area contributed by atoms with Crippen LogP contribution < -0.4 is 5.73 Å². The Morgan fingerprint density at radius 3 is 0.946 bits per heavy atom. The van der Waals surface area contributed by atoms with E-state index in [-0.39, 0.29) is 39.1 Å². The number of piperidine rings is 5. The number of halogens is 10. The number of fused-ring (bicyclic) bond motifs is 6. The molecule has 0 spiro atoms. The maximum Gasteiger partial charge on any atom is 0.410 e. The highest BCUT2D eigenvalue weighted by Crippen LogP contribution is 2.35. The van der Waals surface area contributed by atoms with E-state index in [2.05, 4.69) is 94.4 Å². The van der Waals surface area contributed by atoms with E-state index in [1.54, 1.807) is 24.3 Å². The number of hydrogen-bond acceptors (Lipinski definition) is 20. The summed E-state index contributed by atoms with van der Waals surface area (Å²) >= 11 is 60.1. The number of carbonyl (C=O) groups excluding carboxylic acids is 2. The summed E-state index contributed by atoms with van der Waals surface area (Å²) in [6.45, 7) is 20.0. The van der Waals surface area contributed by atoms with Crippen molar-refractivity contribution in [1.82, 2.24) is 110 Å². The number of nitrogens with two attached hydrogens (primary N) is 1. The summed E-state index contributed by atoms with van der Waals surface area (Å²) < 4.78 is 70.5. The van der Waals surface area contributed by atoms with Gasteiger partial charge < -0.3 is 47.7 Å². The second kappa shape index (κ2) is 43.6. The monoisotopic (exact) mass is 2020 g/mol. The highest BCUT2D eigenvalue weighted by Gasteiger charge is 2.32. The predicted molar refractivity (Wildman–Crippen MR) is 522 cm³/mol. The minimum atomic E-state index is -3.09. The molecule has 1 saturated carbocycles. The molecule has 2 unspecified atom stereocenters. The number of ether oxygens (including phenoxy) is 1. The molecule has 31 nitrogen and oxygen atoms in total. The molecule has 2 amide bonds. The van der Waals surface area contributed by atoms with Gasteiger partial charge in [0.2, 0.25) is 43.0 Å². The number of nitrogen functional groups attached to an aromatic ring is 1. The molecule has 0 radical (unpaired) electrons. The molecule has 5 saturated heterocycles. The molecule has 6 fully saturated rings. The molecule has 5 aliphatic heterocycles. The van der Waals surface area contributed by atoms with Crippen LogP contribution in [0.1, 0.15) is 124 Å². The van der Waals surface area contributed by atoms with Gasteiger partial charge in [-0.15, -0.1) is 0 Å². The van der Waals surface area contributed by atoms with E-state index in [1.165, 1.54) is 49.0 Å². The van der Waals surface area contributed by atoms with Crippen LogP contribution in [-0.4, -0.2) is 240 Å². The van der Waals surface area contributed by atoms with E-state index in [1.807, 2.05) is 112 Å². The van der Waals surface area contributed by atoms with Gasteiger partial charge in [-0.2, -0.15) is 24.9 Å². The lowest BCUT2D eigenvalue weighted by Crippen LogP contribution is -2.42. The molecule has 129 heavy (non-hydrogen) atoms. The van der Waals surface area contributed by atoms with Crippen molar-refractivity contribution in [3.8, 4) is 0 Å². The molecule has 2 atom stereocenters. The fraction of sp³-hybridized carbons (Fsp3) is 0.529. The van der Waals surface area contributed by atoms with Gasteiger partial charge in [0, 0.05) is 181 Å². The van der Waals surface area contributed by atoms with Crippen molar-refractivity contribution in [3.05, 3.63) is 132 Å². The maximum absolute atomic E-state index is 12.1. The lowest BCUT2D eigenvalue weighted by atomic mass is 9.89. The van der Waals surface area contributed by atoms with Crippen LogP contribution >= 0.6 is 116 Å². The molecular weight excluding hydrogens is 1920 g/mol. The van der Waals surface area contributed by atoms with Crippen molar-refractivity contribution in [2.24, 2.45) is 35.5 Å². The van der Waals surface area contributed by atoms with E-state index < -0.39 is 35.0 Å². The molecule has 698 valence electrons. The van der Waals surface area contributed by atoms with Crippen molar-refractivity contribution >= 4 is 241 Å². The molecule has 2 N–H and O–H groups in total. The molecule has 0 aromatic carbocycles. The number of hydrogen-bond donors (Lipinski definition) is 1. The van der Waals surface area contributed by atoms with Gasteiger partial charge in [0.1, 0.15) is 76.7 Å². The molecule has 6 aliphatic rings. The van der Waals surface area contributed by atoms with E-state index in [0.717, 1.165) is 215 Å². The number of amides is 2. The normalized spacial score (nSPS) is 18.2. The van der Waals surface area contributed by atoms with Gasteiger partial charge in [-0.3, -0.25) is 13.2 Å². The Hall–Kier alpha value is -6.97. The number of rotatable bonds is 15. The number of anilines is 1. The van der Waals surface area contributed by atoms with Crippen molar-refractivity contribution < 1.29 is 31.2 Å². The molecule has 17 heterocycles. The second-order valence-electron chi connectivity index (χ2n) is 35.0. The third-order valence-corrected chi connectivity index (χ3v) is 31.0. The summed E-state index contributed by atoms with van der Waals surface area (Å²) in [7, 11) is -7.23. The Morgan fingerprint density at radius 1 is 0.372 bits per heavy atom. The summed E-state index contributed by atoms with van der Waals surface area (Å²) in [6, 6.07) is 11.5. The first-order valence-electron chi connectivity index (χ1n) is 42.9. The molecule has 12 aromatic heterocycles. The van der Waals surface area contributed by atoms with Gasteiger partial charge in [-0.05, 0) is 228 Å². The van der Waals surface area contributed by atoms with Crippen LogP contribution in [0.2, 0.25) is 52.1 Å². The first kappa shape index (κ1) is 99.5. The average molecular weight is 2030 g/mol. The SMILES string of the molecule is C=S(C)(=O)N1CCC(Cn2ccc3c(Cl)nc(Cl)nc32)CC1.C=S(C)(=O)N1CCC(Cn2ccc3c(Cl)ncnc32)CC1.CC(=O)N1CCC(Cn2ccc3c(Cl)nc(Cl)nc32)CC1.CC(C)(C)OC(=O)N1CCC(Cn2ccc3c(Cl)nc(Cl)nc32)CC1.CS(=O)(=O)N1CCC(Cn2ccc3c(Cl)nc(N)nc32)CC1.Clc1nc(Cl)c2ccn(CC3CCCCC3)c2n1.